The number of rotatable bonds is 5. The molecule has 0 unspecified atom stereocenters. The van der Waals surface area contributed by atoms with Gasteiger partial charge in [-0.15, -0.1) is 0 Å². The lowest BCUT2D eigenvalue weighted by atomic mass is 9.88. The normalized spacial score (nSPS) is 18.1. The second-order valence-corrected chi connectivity index (χ2v) is 6.43. The number of nitrogens with zero attached hydrogens (tertiary/aromatic N) is 2. The molecule has 0 radical (unpaired) electrons. The van der Waals surface area contributed by atoms with Crippen LogP contribution >= 0.6 is 11.8 Å². The number of anilines is 1. The van der Waals surface area contributed by atoms with E-state index < -0.39 is 0 Å². The van der Waals surface area contributed by atoms with Gasteiger partial charge < -0.3 is 10.1 Å². The lowest BCUT2D eigenvalue weighted by Gasteiger charge is -2.36. The van der Waals surface area contributed by atoms with E-state index in [1.807, 2.05) is 18.7 Å². The van der Waals surface area contributed by atoms with Crippen LogP contribution in [0.25, 0.3) is 0 Å². The van der Waals surface area contributed by atoms with Gasteiger partial charge in [0.25, 0.3) is 0 Å². The van der Waals surface area contributed by atoms with Gasteiger partial charge in [0.1, 0.15) is 12.1 Å². The van der Waals surface area contributed by atoms with Gasteiger partial charge >= 0.3 is 0 Å². The molecule has 0 spiro atoms. The Balaban J connectivity index is 2.05. The van der Waals surface area contributed by atoms with E-state index in [0.29, 0.717) is 10.6 Å². The van der Waals surface area contributed by atoms with Crippen LogP contribution in [0.5, 0.6) is 5.88 Å². The highest BCUT2D eigenvalue weighted by Gasteiger charge is 2.31. The maximum Gasteiger partial charge on any atom is 0.221 e. The highest BCUT2D eigenvalue weighted by Crippen LogP contribution is 2.38. The first-order chi connectivity index (χ1) is 9.21. The van der Waals surface area contributed by atoms with E-state index in [1.54, 1.807) is 13.4 Å². The molecule has 1 aromatic rings. The number of thioether (sulfide) groups is 1. The molecule has 4 nitrogen and oxygen atoms in total. The van der Waals surface area contributed by atoms with Crippen molar-refractivity contribution in [2.24, 2.45) is 0 Å². The smallest absolute Gasteiger partial charge is 0.221 e. The fourth-order valence-electron chi connectivity index (χ4n) is 2.71. The highest BCUT2D eigenvalue weighted by atomic mass is 32.2. The first-order valence-corrected chi connectivity index (χ1v) is 8.08. The summed E-state index contributed by atoms with van der Waals surface area (Å²) in [7, 11) is 1.64. The predicted molar refractivity (Wildman–Crippen MR) is 81.1 cm³/mol. The summed E-state index contributed by atoms with van der Waals surface area (Å²) < 4.78 is 5.60. The zero-order chi connectivity index (χ0) is 13.7. The van der Waals surface area contributed by atoms with Crippen LogP contribution in [0.15, 0.2) is 6.33 Å². The summed E-state index contributed by atoms with van der Waals surface area (Å²) in [4.78, 5) is 8.44. The number of ether oxygens (including phenoxy) is 1. The molecule has 1 heterocycles. The summed E-state index contributed by atoms with van der Waals surface area (Å²) in [5.41, 5.74) is 0.983. The Morgan fingerprint density at radius 2 is 2.05 bits per heavy atom. The molecule has 1 N–H and O–H groups in total. The van der Waals surface area contributed by atoms with Crippen molar-refractivity contribution in [1.82, 2.24) is 9.97 Å². The van der Waals surface area contributed by atoms with Crippen LogP contribution in [0.2, 0.25) is 0 Å². The van der Waals surface area contributed by atoms with E-state index in [0.717, 1.165) is 17.9 Å². The van der Waals surface area contributed by atoms with E-state index in [9.17, 15) is 0 Å². The molecule has 0 bridgehead atoms. The monoisotopic (exact) mass is 281 g/mol. The number of hydrogen-bond acceptors (Lipinski definition) is 5. The summed E-state index contributed by atoms with van der Waals surface area (Å²) in [6.07, 6.45) is 10.4. The Bertz CT molecular complexity index is 419. The minimum Gasteiger partial charge on any atom is -0.481 e. The molecule has 0 aromatic carbocycles. The van der Waals surface area contributed by atoms with Crippen LogP contribution in [-0.4, -0.2) is 34.6 Å². The molecular formula is C14H23N3OS. The molecule has 0 amide bonds. The van der Waals surface area contributed by atoms with Crippen molar-refractivity contribution in [1.29, 1.82) is 0 Å². The van der Waals surface area contributed by atoms with Gasteiger partial charge in [-0.2, -0.15) is 11.8 Å². The molecule has 1 aromatic heterocycles. The first kappa shape index (κ1) is 14.4. The Morgan fingerprint density at radius 3 is 2.68 bits per heavy atom. The largest absolute Gasteiger partial charge is 0.481 e. The number of methoxy groups -OCH3 is 1. The summed E-state index contributed by atoms with van der Waals surface area (Å²) in [6.45, 7) is 2.96. The number of hydrogen-bond donors (Lipinski definition) is 1. The van der Waals surface area contributed by atoms with Crippen LogP contribution < -0.4 is 10.1 Å². The molecule has 19 heavy (non-hydrogen) atoms. The van der Waals surface area contributed by atoms with E-state index in [1.165, 1.54) is 32.1 Å². The molecule has 106 valence electrons. The van der Waals surface area contributed by atoms with Gasteiger partial charge in [-0.25, -0.2) is 9.97 Å². The van der Waals surface area contributed by atoms with E-state index in [4.69, 9.17) is 4.74 Å². The molecule has 1 saturated carbocycles. The van der Waals surface area contributed by atoms with E-state index in [2.05, 4.69) is 21.5 Å². The third-order valence-corrected chi connectivity index (χ3v) is 5.43. The van der Waals surface area contributed by atoms with Crippen LogP contribution in [0.4, 0.5) is 5.82 Å². The summed E-state index contributed by atoms with van der Waals surface area (Å²) >= 11 is 1.99. The van der Waals surface area contributed by atoms with Gasteiger partial charge in [0.05, 0.1) is 12.7 Å². The third-order valence-electron chi connectivity index (χ3n) is 4.01. The second-order valence-electron chi connectivity index (χ2n) is 5.16. The van der Waals surface area contributed by atoms with Crippen molar-refractivity contribution in [3.8, 4) is 5.88 Å². The van der Waals surface area contributed by atoms with Gasteiger partial charge in [-0.1, -0.05) is 19.3 Å². The molecule has 1 aliphatic rings. The molecule has 5 heteroatoms. The van der Waals surface area contributed by atoms with E-state index in [-0.39, 0.29) is 0 Å². The third kappa shape index (κ3) is 3.32. The fraction of sp³-hybridized carbons (Fsp3) is 0.714. The van der Waals surface area contributed by atoms with Gasteiger partial charge in [0.15, 0.2) is 0 Å². The molecular weight excluding hydrogens is 258 g/mol. The van der Waals surface area contributed by atoms with Crippen molar-refractivity contribution >= 4 is 17.6 Å². The van der Waals surface area contributed by atoms with E-state index >= 15 is 0 Å². The lowest BCUT2D eigenvalue weighted by molar-refractivity contribution is 0.393. The average Bonchev–Trinajstić information content (AvgIpc) is 2.47. The minimum atomic E-state index is 0.364. The molecule has 1 aliphatic carbocycles. The SMILES string of the molecule is COc1ncnc(NCC2(SC)CCCCC2)c1C. The molecule has 1 fully saturated rings. The van der Waals surface area contributed by atoms with Crippen LogP contribution in [0, 0.1) is 6.92 Å². The number of aromatic nitrogens is 2. The highest BCUT2D eigenvalue weighted by molar-refractivity contribution is 8.00. The lowest BCUT2D eigenvalue weighted by Crippen LogP contribution is -2.35. The molecule has 2 rings (SSSR count). The average molecular weight is 281 g/mol. The Kier molecular flexibility index (Phi) is 4.91. The second kappa shape index (κ2) is 6.46. The topological polar surface area (TPSA) is 47.0 Å². The molecule has 0 aliphatic heterocycles. The summed E-state index contributed by atoms with van der Waals surface area (Å²) in [6, 6.07) is 0. The van der Waals surface area contributed by atoms with Crippen LogP contribution in [0.1, 0.15) is 37.7 Å². The zero-order valence-electron chi connectivity index (χ0n) is 12.0. The van der Waals surface area contributed by atoms with Gasteiger partial charge in [0, 0.05) is 11.3 Å². The Labute approximate surface area is 119 Å². The van der Waals surface area contributed by atoms with Crippen LogP contribution in [0.3, 0.4) is 0 Å². The molecule has 0 atom stereocenters. The Morgan fingerprint density at radius 1 is 1.32 bits per heavy atom. The summed E-state index contributed by atoms with van der Waals surface area (Å²) in [5.74, 6) is 1.55. The van der Waals surface area contributed by atoms with Gasteiger partial charge in [-0.05, 0) is 26.0 Å². The summed E-state index contributed by atoms with van der Waals surface area (Å²) in [5, 5.41) is 3.50. The number of nitrogens with one attached hydrogen (secondary N) is 1. The fourth-order valence-corrected chi connectivity index (χ4v) is 3.63. The first-order valence-electron chi connectivity index (χ1n) is 6.85. The maximum absolute atomic E-state index is 5.23. The Hall–Kier alpha value is -0.970. The minimum absolute atomic E-state index is 0.364. The van der Waals surface area contributed by atoms with Gasteiger partial charge in [0.2, 0.25) is 5.88 Å². The molecule has 0 saturated heterocycles. The quantitative estimate of drug-likeness (QED) is 0.897. The van der Waals surface area contributed by atoms with Gasteiger partial charge in [-0.3, -0.25) is 0 Å². The van der Waals surface area contributed by atoms with Crippen LogP contribution in [-0.2, 0) is 0 Å². The van der Waals surface area contributed by atoms with Crippen molar-refractivity contribution < 1.29 is 4.74 Å². The standard InChI is InChI=1S/C14H23N3OS/c1-11-12(16-10-17-13(11)18-2)15-9-14(19-3)7-5-4-6-8-14/h10H,4-9H2,1-3H3,(H,15,16,17). The van der Waals surface area contributed by atoms with Crippen molar-refractivity contribution in [3.05, 3.63) is 11.9 Å². The van der Waals surface area contributed by atoms with Crippen molar-refractivity contribution in [3.63, 3.8) is 0 Å². The predicted octanol–water partition coefficient (Wildman–Crippen LogP) is 3.27. The zero-order valence-corrected chi connectivity index (χ0v) is 12.8. The maximum atomic E-state index is 5.23. The van der Waals surface area contributed by atoms with Crippen molar-refractivity contribution in [2.75, 3.05) is 25.2 Å². The van der Waals surface area contributed by atoms with Crippen molar-refractivity contribution in [2.45, 2.75) is 43.8 Å².